The third-order valence-electron chi connectivity index (χ3n) is 5.46. The minimum absolute atomic E-state index is 0.0631. The van der Waals surface area contributed by atoms with Gasteiger partial charge in [0.05, 0.1) is 7.11 Å². The Kier molecular flexibility index (Phi) is 7.38. The molecule has 0 aliphatic rings. The predicted octanol–water partition coefficient (Wildman–Crippen LogP) is 3.56. The molecule has 0 fully saturated rings. The van der Waals surface area contributed by atoms with Gasteiger partial charge in [0.15, 0.2) is 11.6 Å². The van der Waals surface area contributed by atoms with Gasteiger partial charge in [-0.3, -0.25) is 0 Å². The van der Waals surface area contributed by atoms with Gasteiger partial charge in [0, 0.05) is 18.3 Å². The Bertz CT molecular complexity index is 1400. The Balaban J connectivity index is 1.54. The van der Waals surface area contributed by atoms with E-state index in [0.29, 0.717) is 16.9 Å². The smallest absolute Gasteiger partial charge is 0.370 e. The number of nitrogens with zero attached hydrogens (tertiary/aromatic N) is 5. The molecule has 36 heavy (non-hydrogen) atoms. The van der Waals surface area contributed by atoms with E-state index in [1.54, 1.807) is 23.1 Å². The summed E-state index contributed by atoms with van der Waals surface area (Å²) in [5.41, 5.74) is 0.300. The van der Waals surface area contributed by atoms with Crippen molar-refractivity contribution in [1.29, 1.82) is 0 Å². The zero-order chi connectivity index (χ0) is 25.7. The highest BCUT2D eigenvalue weighted by atomic mass is 19.1. The molecule has 9 nitrogen and oxygen atoms in total. The molecule has 11 heteroatoms. The van der Waals surface area contributed by atoms with Crippen molar-refractivity contribution in [2.24, 2.45) is 0 Å². The van der Waals surface area contributed by atoms with Crippen LogP contribution in [-0.2, 0) is 18.0 Å². The summed E-state index contributed by atoms with van der Waals surface area (Å²) in [5.74, 6) is -2.13. The lowest BCUT2D eigenvalue weighted by Crippen LogP contribution is -2.34. The van der Waals surface area contributed by atoms with Crippen LogP contribution in [0.4, 0.5) is 14.5 Å². The molecular weight excluding hydrogens is 472 g/mol. The summed E-state index contributed by atoms with van der Waals surface area (Å²) in [5, 5.41) is 7.40. The third-order valence-corrected chi connectivity index (χ3v) is 5.46. The molecule has 0 bridgehead atoms. The first-order chi connectivity index (χ1) is 17.4. The number of halogens is 2. The van der Waals surface area contributed by atoms with Gasteiger partial charge in [0.2, 0.25) is 0 Å². The molecule has 0 atom stereocenters. The van der Waals surface area contributed by atoms with E-state index in [-0.39, 0.29) is 24.6 Å². The summed E-state index contributed by atoms with van der Waals surface area (Å²) < 4.78 is 40.6. The van der Waals surface area contributed by atoms with Crippen molar-refractivity contribution < 1.29 is 23.0 Å². The van der Waals surface area contributed by atoms with Gasteiger partial charge in [-0.2, -0.15) is 9.36 Å². The van der Waals surface area contributed by atoms with Crippen molar-refractivity contribution in [3.05, 3.63) is 100.0 Å². The predicted molar refractivity (Wildman–Crippen MR) is 127 cm³/mol. The first-order valence-corrected chi connectivity index (χ1v) is 11.0. The normalized spacial score (nSPS) is 10.8. The maximum Gasteiger partial charge on any atom is 0.370 e. The van der Waals surface area contributed by atoms with Gasteiger partial charge in [0.1, 0.15) is 30.3 Å². The fraction of sp³-hybridized carbons (Fsp3) is 0.200. The SMILES string of the molecule is CCN(Cn1nnn(-c2c(F)cccc2F)c1=O)c1ccc(C(=O)OCc2ccccc2)c(OC)c1. The second-order valence-electron chi connectivity index (χ2n) is 7.69. The van der Waals surface area contributed by atoms with E-state index in [1.165, 1.54) is 13.2 Å². The van der Waals surface area contributed by atoms with E-state index in [2.05, 4.69) is 10.4 Å². The van der Waals surface area contributed by atoms with Gasteiger partial charge in [-0.25, -0.2) is 18.4 Å². The van der Waals surface area contributed by atoms with Crippen molar-refractivity contribution in [1.82, 2.24) is 19.8 Å². The van der Waals surface area contributed by atoms with Crippen LogP contribution in [0.15, 0.2) is 71.5 Å². The molecule has 1 heterocycles. The number of aromatic nitrogens is 4. The molecular formula is C25H23F2N5O4. The minimum Gasteiger partial charge on any atom is -0.496 e. The summed E-state index contributed by atoms with van der Waals surface area (Å²) in [6.45, 7) is 2.34. The number of ether oxygens (including phenoxy) is 2. The van der Waals surface area contributed by atoms with Gasteiger partial charge >= 0.3 is 11.7 Å². The molecule has 0 N–H and O–H groups in total. The Morgan fingerprint density at radius 2 is 1.72 bits per heavy atom. The zero-order valence-corrected chi connectivity index (χ0v) is 19.6. The van der Waals surface area contributed by atoms with E-state index in [4.69, 9.17) is 9.47 Å². The number of rotatable bonds is 9. The minimum atomic E-state index is -0.934. The van der Waals surface area contributed by atoms with E-state index < -0.39 is 29.0 Å². The Morgan fingerprint density at radius 1 is 1.00 bits per heavy atom. The molecule has 4 aromatic rings. The largest absolute Gasteiger partial charge is 0.496 e. The van der Waals surface area contributed by atoms with Crippen molar-refractivity contribution >= 4 is 11.7 Å². The summed E-state index contributed by atoms with van der Waals surface area (Å²) in [4.78, 5) is 27.1. The number of tetrazole rings is 1. The van der Waals surface area contributed by atoms with E-state index in [9.17, 15) is 18.4 Å². The van der Waals surface area contributed by atoms with Gasteiger partial charge in [-0.15, -0.1) is 0 Å². The maximum atomic E-state index is 14.1. The molecule has 0 spiro atoms. The average Bonchev–Trinajstić information content (AvgIpc) is 3.25. The van der Waals surface area contributed by atoms with Crippen molar-refractivity contribution in [2.45, 2.75) is 20.2 Å². The number of hydrogen-bond donors (Lipinski definition) is 0. The Labute approximate surface area is 205 Å². The Morgan fingerprint density at radius 3 is 2.39 bits per heavy atom. The zero-order valence-electron chi connectivity index (χ0n) is 19.6. The lowest BCUT2D eigenvalue weighted by Gasteiger charge is -2.23. The molecule has 0 aliphatic heterocycles. The summed E-state index contributed by atoms with van der Waals surface area (Å²) >= 11 is 0. The standard InChI is InChI=1S/C25H23F2N5O4/c1-3-30(16-31-25(34)32(29-28-31)23-20(26)10-7-11-21(23)27)18-12-13-19(22(14-18)35-2)24(33)36-15-17-8-5-4-6-9-17/h4-14H,3,15-16H2,1-2H3. The number of hydrogen-bond acceptors (Lipinski definition) is 7. The number of esters is 1. The van der Waals surface area contributed by atoms with Crippen LogP contribution in [0.2, 0.25) is 0 Å². The molecule has 0 saturated heterocycles. The van der Waals surface area contributed by atoms with E-state index >= 15 is 0 Å². The second kappa shape index (κ2) is 10.8. The summed E-state index contributed by atoms with van der Waals surface area (Å²) in [6, 6.07) is 17.4. The fourth-order valence-corrected chi connectivity index (χ4v) is 3.57. The maximum absolute atomic E-state index is 14.1. The molecule has 0 aliphatic carbocycles. The molecule has 0 unspecified atom stereocenters. The molecule has 3 aromatic carbocycles. The van der Waals surface area contributed by atoms with E-state index in [1.807, 2.05) is 37.3 Å². The van der Waals surface area contributed by atoms with Crippen LogP contribution in [-0.4, -0.2) is 39.4 Å². The molecule has 0 amide bonds. The lowest BCUT2D eigenvalue weighted by molar-refractivity contribution is 0.0469. The highest BCUT2D eigenvalue weighted by Gasteiger charge is 2.20. The molecule has 4 rings (SSSR count). The third kappa shape index (κ3) is 5.09. The fourth-order valence-electron chi connectivity index (χ4n) is 3.57. The van der Waals surface area contributed by atoms with Crippen LogP contribution in [0.3, 0.4) is 0 Å². The van der Waals surface area contributed by atoms with Gasteiger partial charge < -0.3 is 14.4 Å². The molecule has 186 valence electrons. The number of carbonyl (C=O) groups excluding carboxylic acids is 1. The summed E-state index contributed by atoms with van der Waals surface area (Å²) in [6.07, 6.45) is 0. The van der Waals surface area contributed by atoms with Crippen LogP contribution >= 0.6 is 0 Å². The van der Waals surface area contributed by atoms with Crippen LogP contribution in [0.5, 0.6) is 5.75 Å². The van der Waals surface area contributed by atoms with Crippen LogP contribution in [0.1, 0.15) is 22.8 Å². The number of carbonyl (C=O) groups is 1. The first kappa shape index (κ1) is 24.6. The monoisotopic (exact) mass is 495 g/mol. The number of benzene rings is 3. The molecule has 1 aromatic heterocycles. The van der Waals surface area contributed by atoms with Gasteiger partial charge in [-0.1, -0.05) is 36.4 Å². The van der Waals surface area contributed by atoms with Crippen LogP contribution in [0, 0.1) is 11.6 Å². The molecule has 0 saturated carbocycles. The number of methoxy groups -OCH3 is 1. The second-order valence-corrected chi connectivity index (χ2v) is 7.69. The molecule has 0 radical (unpaired) electrons. The van der Waals surface area contributed by atoms with Gasteiger partial charge in [0.25, 0.3) is 0 Å². The average molecular weight is 495 g/mol. The van der Waals surface area contributed by atoms with E-state index in [0.717, 1.165) is 22.4 Å². The van der Waals surface area contributed by atoms with Crippen LogP contribution in [0.25, 0.3) is 5.69 Å². The quantitative estimate of drug-likeness (QED) is 0.328. The summed E-state index contributed by atoms with van der Waals surface area (Å²) in [7, 11) is 1.43. The van der Waals surface area contributed by atoms with Crippen molar-refractivity contribution in [3.8, 4) is 11.4 Å². The number of para-hydroxylation sites is 1. The highest BCUT2D eigenvalue weighted by molar-refractivity contribution is 5.93. The lowest BCUT2D eigenvalue weighted by atomic mass is 10.1. The first-order valence-electron chi connectivity index (χ1n) is 11.0. The number of anilines is 1. The topological polar surface area (TPSA) is 91.5 Å². The highest BCUT2D eigenvalue weighted by Crippen LogP contribution is 2.27. The van der Waals surface area contributed by atoms with Crippen LogP contribution < -0.4 is 15.3 Å². The van der Waals surface area contributed by atoms with Crippen molar-refractivity contribution in [2.75, 3.05) is 18.6 Å². The Hall–Kier alpha value is -4.54. The van der Waals surface area contributed by atoms with Gasteiger partial charge in [-0.05, 0) is 47.2 Å². The van der Waals surface area contributed by atoms with Crippen molar-refractivity contribution in [3.63, 3.8) is 0 Å².